The molecule has 0 saturated carbocycles. The molecule has 0 aliphatic rings. The zero-order valence-corrected chi connectivity index (χ0v) is 17.0. The van der Waals surface area contributed by atoms with Crippen LogP contribution in [0.1, 0.15) is 5.69 Å². The van der Waals surface area contributed by atoms with Gasteiger partial charge >= 0.3 is 0 Å². The first-order chi connectivity index (χ1) is 13.3. The maximum Gasteiger partial charge on any atom is 0.247 e. The van der Waals surface area contributed by atoms with Crippen molar-refractivity contribution >= 4 is 33.0 Å². The quantitative estimate of drug-likeness (QED) is 0.531. The number of sulfonamides is 1. The van der Waals surface area contributed by atoms with Crippen LogP contribution in [-0.2, 0) is 10.0 Å². The second kappa shape index (κ2) is 7.10. The summed E-state index contributed by atoms with van der Waals surface area (Å²) in [6.45, 7) is 1.89. The highest BCUT2D eigenvalue weighted by molar-refractivity contribution is 7.91. The van der Waals surface area contributed by atoms with Crippen molar-refractivity contribution in [3.63, 3.8) is 0 Å². The first-order valence-electron chi connectivity index (χ1n) is 8.08. The van der Waals surface area contributed by atoms with E-state index in [1.165, 1.54) is 6.07 Å². The summed E-state index contributed by atoms with van der Waals surface area (Å²) in [5.41, 5.74) is 3.10. The summed E-state index contributed by atoms with van der Waals surface area (Å²) in [6, 6.07) is 12.4. The summed E-state index contributed by atoms with van der Waals surface area (Å²) < 4.78 is 24.7. The van der Waals surface area contributed by atoms with Crippen LogP contribution in [-0.4, -0.2) is 27.9 Å². The molecule has 0 fully saturated rings. The van der Waals surface area contributed by atoms with E-state index in [1.54, 1.807) is 23.2 Å². The maximum absolute atomic E-state index is 11.5. The molecule has 0 unspecified atom stereocenters. The zero-order chi connectivity index (χ0) is 19.9. The Labute approximate surface area is 170 Å². The predicted molar refractivity (Wildman–Crippen MR) is 109 cm³/mol. The van der Waals surface area contributed by atoms with E-state index in [-0.39, 0.29) is 4.21 Å². The molecule has 0 atom stereocenters. The number of nitrogens with zero attached hydrogens (tertiary/aromatic N) is 4. The lowest BCUT2D eigenvalue weighted by molar-refractivity contribution is 0.600. The molecule has 1 aromatic carbocycles. The summed E-state index contributed by atoms with van der Waals surface area (Å²) in [5.74, 6) is 0.465. The number of halogens is 1. The molecular formula is C18H14ClN5O2S2. The van der Waals surface area contributed by atoms with Crippen LogP contribution in [0.4, 0.5) is 0 Å². The lowest BCUT2D eigenvalue weighted by atomic mass is 10.1. The zero-order valence-electron chi connectivity index (χ0n) is 14.6. The van der Waals surface area contributed by atoms with Gasteiger partial charge in [0.1, 0.15) is 10.5 Å². The molecule has 3 heterocycles. The van der Waals surface area contributed by atoms with Gasteiger partial charge in [0.25, 0.3) is 0 Å². The van der Waals surface area contributed by atoms with E-state index in [4.69, 9.17) is 16.7 Å². The van der Waals surface area contributed by atoms with Crippen LogP contribution < -0.4 is 5.14 Å². The monoisotopic (exact) mass is 431 g/mol. The minimum atomic E-state index is -3.73. The molecular weight excluding hydrogens is 418 g/mol. The normalized spacial score (nSPS) is 11.7. The van der Waals surface area contributed by atoms with E-state index < -0.39 is 10.0 Å². The Morgan fingerprint density at radius 2 is 1.82 bits per heavy atom. The van der Waals surface area contributed by atoms with Crippen molar-refractivity contribution in [1.82, 2.24) is 19.5 Å². The SMILES string of the molecule is Cc1cc(-c2ccc(Cl)cc2)nc(-n2cnc(-c3ccc(S(N)(=O)=O)s3)c2)n1. The number of thiophene rings is 1. The standard InChI is InChI=1S/C18H14ClN5O2S2/c1-11-8-14(12-2-4-13(19)5-3-12)23-18(22-11)24-9-15(21-10-24)16-6-7-17(27-16)28(20,25)26/h2-10H,1H3,(H2,20,25,26). The fraction of sp³-hybridized carbons (Fsp3) is 0.0556. The van der Waals surface area contributed by atoms with Crippen LogP contribution in [0.25, 0.3) is 27.8 Å². The third-order valence-electron chi connectivity index (χ3n) is 3.91. The first kappa shape index (κ1) is 18.8. The highest BCUT2D eigenvalue weighted by Gasteiger charge is 2.14. The van der Waals surface area contributed by atoms with Gasteiger partial charge in [-0.1, -0.05) is 23.7 Å². The number of aromatic nitrogens is 4. The topological polar surface area (TPSA) is 104 Å². The third-order valence-corrected chi connectivity index (χ3v) is 6.71. The highest BCUT2D eigenvalue weighted by atomic mass is 35.5. The van der Waals surface area contributed by atoms with Gasteiger partial charge in [-0.05, 0) is 37.3 Å². The molecule has 0 aliphatic carbocycles. The fourth-order valence-corrected chi connectivity index (χ4v) is 4.42. The van der Waals surface area contributed by atoms with Gasteiger partial charge in [0.05, 0.1) is 16.3 Å². The summed E-state index contributed by atoms with van der Waals surface area (Å²) in [4.78, 5) is 14.1. The smallest absolute Gasteiger partial charge is 0.247 e. The molecule has 0 bridgehead atoms. The lowest BCUT2D eigenvalue weighted by Gasteiger charge is -2.06. The van der Waals surface area contributed by atoms with Crippen molar-refractivity contribution < 1.29 is 8.42 Å². The van der Waals surface area contributed by atoms with Gasteiger partial charge in [-0.3, -0.25) is 4.57 Å². The molecule has 4 aromatic rings. The Hall–Kier alpha value is -2.59. The second-order valence-corrected chi connectivity index (χ2v) is 9.34. The summed E-state index contributed by atoms with van der Waals surface area (Å²) in [6.07, 6.45) is 3.34. The number of imidazole rings is 1. The molecule has 0 saturated heterocycles. The Bertz CT molecular complexity index is 1260. The highest BCUT2D eigenvalue weighted by Crippen LogP contribution is 2.29. The minimum Gasteiger partial charge on any atom is -0.274 e. The van der Waals surface area contributed by atoms with Gasteiger partial charge < -0.3 is 0 Å². The first-order valence-corrected chi connectivity index (χ1v) is 10.8. The largest absolute Gasteiger partial charge is 0.274 e. The Morgan fingerprint density at radius 3 is 2.50 bits per heavy atom. The number of rotatable bonds is 4. The van der Waals surface area contributed by atoms with Crippen LogP contribution in [0, 0.1) is 6.92 Å². The minimum absolute atomic E-state index is 0.0916. The van der Waals surface area contributed by atoms with Gasteiger partial charge in [-0.2, -0.15) is 0 Å². The number of hydrogen-bond donors (Lipinski definition) is 1. The molecule has 4 rings (SSSR count). The second-order valence-electron chi connectivity index (χ2n) is 6.03. The molecule has 10 heteroatoms. The molecule has 7 nitrogen and oxygen atoms in total. The average Bonchev–Trinajstić information content (AvgIpc) is 3.31. The lowest BCUT2D eigenvalue weighted by Crippen LogP contribution is -2.09. The number of aryl methyl sites for hydroxylation is 1. The van der Waals surface area contributed by atoms with Crippen LogP contribution in [0.15, 0.2) is 59.2 Å². The Balaban J connectivity index is 1.71. The third kappa shape index (κ3) is 3.83. The fourth-order valence-electron chi connectivity index (χ4n) is 2.61. The van der Waals surface area contributed by atoms with E-state index in [0.717, 1.165) is 28.3 Å². The van der Waals surface area contributed by atoms with Crippen LogP contribution in [0.3, 0.4) is 0 Å². The van der Waals surface area contributed by atoms with E-state index in [9.17, 15) is 8.42 Å². The van der Waals surface area contributed by atoms with Crippen LogP contribution in [0.2, 0.25) is 5.02 Å². The number of benzene rings is 1. The molecule has 0 amide bonds. The molecule has 0 radical (unpaired) electrons. The molecule has 142 valence electrons. The van der Waals surface area contributed by atoms with E-state index in [2.05, 4.69) is 15.0 Å². The molecule has 0 aliphatic heterocycles. The van der Waals surface area contributed by atoms with Gasteiger partial charge in [0, 0.05) is 22.5 Å². The van der Waals surface area contributed by atoms with Crippen LogP contribution >= 0.6 is 22.9 Å². The van der Waals surface area contributed by atoms with Gasteiger partial charge in [-0.15, -0.1) is 11.3 Å². The van der Waals surface area contributed by atoms with Crippen molar-refractivity contribution in [2.24, 2.45) is 5.14 Å². The van der Waals surface area contributed by atoms with Gasteiger partial charge in [0.2, 0.25) is 16.0 Å². The Morgan fingerprint density at radius 1 is 1.07 bits per heavy atom. The van der Waals surface area contributed by atoms with E-state index >= 15 is 0 Å². The predicted octanol–water partition coefficient (Wildman–Crippen LogP) is 3.67. The molecule has 28 heavy (non-hydrogen) atoms. The number of primary sulfonamides is 1. The van der Waals surface area contributed by atoms with Crippen molar-refractivity contribution in [2.75, 3.05) is 0 Å². The van der Waals surface area contributed by atoms with Crippen LogP contribution in [0.5, 0.6) is 0 Å². The van der Waals surface area contributed by atoms with Crippen molar-refractivity contribution in [2.45, 2.75) is 11.1 Å². The Kier molecular flexibility index (Phi) is 4.76. The van der Waals surface area contributed by atoms with Crippen molar-refractivity contribution in [3.8, 4) is 27.8 Å². The van der Waals surface area contributed by atoms with Crippen molar-refractivity contribution in [1.29, 1.82) is 0 Å². The maximum atomic E-state index is 11.5. The van der Waals surface area contributed by atoms with Crippen molar-refractivity contribution in [3.05, 3.63) is 65.7 Å². The average molecular weight is 432 g/mol. The number of hydrogen-bond acceptors (Lipinski definition) is 6. The van der Waals surface area contributed by atoms with E-state index in [1.807, 2.05) is 37.3 Å². The summed E-state index contributed by atoms with van der Waals surface area (Å²) in [7, 11) is -3.73. The molecule has 0 spiro atoms. The number of nitrogens with two attached hydrogens (primary N) is 1. The molecule has 2 N–H and O–H groups in total. The summed E-state index contributed by atoms with van der Waals surface area (Å²) in [5, 5.41) is 5.83. The summed E-state index contributed by atoms with van der Waals surface area (Å²) >= 11 is 7.02. The molecule has 3 aromatic heterocycles. The van der Waals surface area contributed by atoms with E-state index in [0.29, 0.717) is 21.5 Å². The van der Waals surface area contributed by atoms with Gasteiger partial charge in [-0.25, -0.2) is 28.5 Å². The van der Waals surface area contributed by atoms with Gasteiger partial charge in [0.15, 0.2) is 0 Å².